The summed E-state index contributed by atoms with van der Waals surface area (Å²) in [6.07, 6.45) is 0.835. The molecule has 0 spiro atoms. The number of hydrogen-bond acceptors (Lipinski definition) is 3. The molecule has 1 aromatic rings. The van der Waals surface area contributed by atoms with Gasteiger partial charge in [0.15, 0.2) is 0 Å². The molecule has 0 aliphatic rings. The Morgan fingerprint density at radius 1 is 1.27 bits per heavy atom. The third-order valence-corrected chi connectivity index (χ3v) is 3.78. The van der Waals surface area contributed by atoms with E-state index in [4.69, 9.17) is 11.6 Å². The van der Waals surface area contributed by atoms with Crippen molar-refractivity contribution in [2.45, 2.75) is 32.8 Å². The van der Waals surface area contributed by atoms with Crippen molar-refractivity contribution in [3.63, 3.8) is 0 Å². The lowest BCUT2D eigenvalue weighted by Gasteiger charge is -2.20. The van der Waals surface area contributed by atoms with Crippen LogP contribution in [-0.2, 0) is 9.59 Å². The van der Waals surface area contributed by atoms with E-state index in [1.165, 1.54) is 6.07 Å². The van der Waals surface area contributed by atoms with E-state index in [9.17, 15) is 19.1 Å². The minimum Gasteiger partial charge on any atom is -0.391 e. The second kappa shape index (κ2) is 8.70. The maximum absolute atomic E-state index is 13.1. The van der Waals surface area contributed by atoms with Crippen molar-refractivity contribution in [2.75, 3.05) is 11.9 Å². The van der Waals surface area contributed by atoms with Gasteiger partial charge in [0.05, 0.1) is 16.8 Å². The maximum atomic E-state index is 13.1. The predicted molar refractivity (Wildman–Crippen MR) is 83.1 cm³/mol. The van der Waals surface area contributed by atoms with Crippen LogP contribution in [0.25, 0.3) is 0 Å². The molecule has 0 radical (unpaired) electrons. The number of hydrogen-bond donors (Lipinski definition) is 3. The summed E-state index contributed by atoms with van der Waals surface area (Å²) in [6.45, 7) is 3.87. The number of aliphatic hydroxyl groups is 1. The van der Waals surface area contributed by atoms with Crippen molar-refractivity contribution in [1.29, 1.82) is 0 Å². The first-order chi connectivity index (χ1) is 10.4. The lowest BCUT2D eigenvalue weighted by atomic mass is 9.96. The first-order valence-corrected chi connectivity index (χ1v) is 7.49. The van der Waals surface area contributed by atoms with Crippen LogP contribution in [0.1, 0.15) is 26.7 Å². The zero-order valence-corrected chi connectivity index (χ0v) is 13.3. The smallest absolute Gasteiger partial charge is 0.313 e. The Kier molecular flexibility index (Phi) is 7.27. The van der Waals surface area contributed by atoms with Gasteiger partial charge in [-0.1, -0.05) is 38.3 Å². The third-order valence-electron chi connectivity index (χ3n) is 3.45. The van der Waals surface area contributed by atoms with Gasteiger partial charge in [0.2, 0.25) is 0 Å². The van der Waals surface area contributed by atoms with Gasteiger partial charge < -0.3 is 15.7 Å². The number of carbonyl (C=O) groups is 2. The first-order valence-electron chi connectivity index (χ1n) is 7.11. The number of amides is 2. The molecule has 5 nitrogen and oxygen atoms in total. The molecule has 0 aliphatic heterocycles. The highest BCUT2D eigenvalue weighted by molar-refractivity contribution is 6.41. The molecule has 3 N–H and O–H groups in total. The second-order valence-corrected chi connectivity index (χ2v) is 5.34. The van der Waals surface area contributed by atoms with Gasteiger partial charge in [-0.3, -0.25) is 9.59 Å². The number of benzene rings is 1. The number of rotatable bonds is 6. The molecule has 0 aromatic heterocycles. The van der Waals surface area contributed by atoms with E-state index >= 15 is 0 Å². The van der Waals surface area contributed by atoms with Crippen molar-refractivity contribution < 1.29 is 19.1 Å². The van der Waals surface area contributed by atoms with E-state index in [-0.39, 0.29) is 23.2 Å². The Morgan fingerprint density at radius 3 is 2.50 bits per heavy atom. The molecular weight excluding hydrogens is 311 g/mol. The number of carbonyl (C=O) groups excluding carboxylic acids is 2. The fourth-order valence-electron chi connectivity index (χ4n) is 2.05. The number of nitrogens with one attached hydrogen (secondary N) is 2. The molecule has 0 bridgehead atoms. The van der Waals surface area contributed by atoms with Crippen LogP contribution in [0.3, 0.4) is 0 Å². The summed E-state index contributed by atoms with van der Waals surface area (Å²) in [5.74, 6) is -2.40. The Hall–Kier alpha value is -1.66. The molecule has 0 heterocycles. The molecule has 0 aliphatic carbocycles. The monoisotopic (exact) mass is 330 g/mol. The van der Waals surface area contributed by atoms with Crippen LogP contribution in [0, 0.1) is 11.7 Å². The van der Waals surface area contributed by atoms with E-state index in [0.29, 0.717) is 0 Å². The van der Waals surface area contributed by atoms with Crippen LogP contribution >= 0.6 is 11.6 Å². The molecule has 0 saturated heterocycles. The molecule has 1 rings (SSSR count). The molecule has 1 aromatic carbocycles. The molecule has 1 unspecified atom stereocenters. The average Bonchev–Trinajstić information content (AvgIpc) is 2.49. The summed E-state index contributed by atoms with van der Waals surface area (Å²) in [6, 6.07) is 3.44. The van der Waals surface area contributed by atoms with E-state index in [0.717, 1.165) is 25.0 Å². The average molecular weight is 331 g/mol. The number of anilines is 1. The van der Waals surface area contributed by atoms with Crippen LogP contribution in [0.15, 0.2) is 18.2 Å². The third kappa shape index (κ3) is 5.27. The van der Waals surface area contributed by atoms with Crippen molar-refractivity contribution in [2.24, 2.45) is 5.92 Å². The normalized spacial score (nSPS) is 12.1. The van der Waals surface area contributed by atoms with Gasteiger partial charge in [-0.05, 0) is 24.1 Å². The molecule has 1 atom stereocenters. The largest absolute Gasteiger partial charge is 0.391 e. The minimum absolute atomic E-state index is 0.0161. The molecule has 0 fully saturated rings. The van der Waals surface area contributed by atoms with Crippen LogP contribution in [0.4, 0.5) is 10.1 Å². The fraction of sp³-hybridized carbons (Fsp3) is 0.467. The topological polar surface area (TPSA) is 78.4 Å². The number of halogens is 2. The lowest BCUT2D eigenvalue weighted by Crippen LogP contribution is -2.41. The number of aliphatic hydroxyl groups excluding tert-OH is 1. The Balaban J connectivity index is 2.55. The maximum Gasteiger partial charge on any atom is 0.313 e. The van der Waals surface area contributed by atoms with Crippen molar-refractivity contribution in [3.8, 4) is 0 Å². The van der Waals surface area contributed by atoms with E-state index in [1.807, 2.05) is 13.8 Å². The molecule has 2 amide bonds. The van der Waals surface area contributed by atoms with Gasteiger partial charge in [0, 0.05) is 6.54 Å². The zero-order chi connectivity index (χ0) is 16.7. The standard InChI is InChI=1S/C15H20ClFN2O3/c1-3-9(4-2)13(20)8-18-14(21)15(22)19-12-7-10(17)5-6-11(12)16/h5-7,9,13,20H,3-4,8H2,1-2H3,(H,18,21)(H,19,22). The second-order valence-electron chi connectivity index (χ2n) is 4.93. The highest BCUT2D eigenvalue weighted by atomic mass is 35.5. The first kappa shape index (κ1) is 18.4. The van der Waals surface area contributed by atoms with Gasteiger partial charge in [-0.2, -0.15) is 0 Å². The van der Waals surface area contributed by atoms with Crippen LogP contribution in [0.5, 0.6) is 0 Å². The van der Waals surface area contributed by atoms with E-state index in [2.05, 4.69) is 10.6 Å². The highest BCUT2D eigenvalue weighted by Crippen LogP contribution is 2.22. The molecule has 7 heteroatoms. The van der Waals surface area contributed by atoms with Crippen molar-refractivity contribution in [1.82, 2.24) is 5.32 Å². The van der Waals surface area contributed by atoms with Gasteiger partial charge in [-0.15, -0.1) is 0 Å². The molecule has 22 heavy (non-hydrogen) atoms. The summed E-state index contributed by atoms with van der Waals surface area (Å²) < 4.78 is 13.1. The highest BCUT2D eigenvalue weighted by Gasteiger charge is 2.20. The minimum atomic E-state index is -0.968. The summed E-state index contributed by atoms with van der Waals surface area (Å²) in [5, 5.41) is 14.6. The van der Waals surface area contributed by atoms with Crippen molar-refractivity contribution in [3.05, 3.63) is 29.0 Å². The van der Waals surface area contributed by atoms with Gasteiger partial charge in [0.1, 0.15) is 5.82 Å². The molecule has 0 saturated carbocycles. The lowest BCUT2D eigenvalue weighted by molar-refractivity contribution is -0.136. The van der Waals surface area contributed by atoms with Gasteiger partial charge in [-0.25, -0.2) is 4.39 Å². The van der Waals surface area contributed by atoms with Crippen LogP contribution < -0.4 is 10.6 Å². The quantitative estimate of drug-likeness (QED) is 0.700. The Labute approximate surface area is 133 Å². The van der Waals surface area contributed by atoms with Gasteiger partial charge >= 0.3 is 11.8 Å². The molecule has 122 valence electrons. The van der Waals surface area contributed by atoms with E-state index < -0.39 is 23.7 Å². The summed E-state index contributed by atoms with van der Waals surface area (Å²) >= 11 is 5.80. The zero-order valence-electron chi connectivity index (χ0n) is 12.5. The molecular formula is C15H20ClFN2O3. The summed E-state index contributed by atoms with van der Waals surface area (Å²) in [4.78, 5) is 23.4. The summed E-state index contributed by atoms with van der Waals surface area (Å²) in [5.41, 5.74) is 0.0161. The summed E-state index contributed by atoms with van der Waals surface area (Å²) in [7, 11) is 0. The SMILES string of the molecule is CCC(CC)C(O)CNC(=O)C(=O)Nc1cc(F)ccc1Cl. The van der Waals surface area contributed by atoms with Crippen LogP contribution in [0.2, 0.25) is 5.02 Å². The van der Waals surface area contributed by atoms with Crippen molar-refractivity contribution >= 4 is 29.1 Å². The van der Waals surface area contributed by atoms with Gasteiger partial charge in [0.25, 0.3) is 0 Å². The van der Waals surface area contributed by atoms with E-state index in [1.54, 1.807) is 0 Å². The predicted octanol–water partition coefficient (Wildman–Crippen LogP) is 2.33. The Bertz CT molecular complexity index is 536. The Morgan fingerprint density at radius 2 is 1.91 bits per heavy atom. The van der Waals surface area contributed by atoms with Crippen LogP contribution in [-0.4, -0.2) is 29.6 Å². The fourth-order valence-corrected chi connectivity index (χ4v) is 2.21.